The van der Waals surface area contributed by atoms with Gasteiger partial charge in [-0.1, -0.05) is 41.4 Å². The van der Waals surface area contributed by atoms with Crippen LogP contribution in [0.25, 0.3) is 0 Å². The zero-order chi connectivity index (χ0) is 19.1. The summed E-state index contributed by atoms with van der Waals surface area (Å²) >= 11 is 12.7. The van der Waals surface area contributed by atoms with Gasteiger partial charge in [0.15, 0.2) is 0 Å². The number of benzene rings is 1. The largest absolute Gasteiger partial charge is 0.350 e. The number of pyridine rings is 2. The highest BCUT2D eigenvalue weighted by molar-refractivity contribution is 6.36. The van der Waals surface area contributed by atoms with Gasteiger partial charge in [-0.15, -0.1) is 0 Å². The van der Waals surface area contributed by atoms with Crippen molar-refractivity contribution in [2.24, 2.45) is 0 Å². The molecule has 0 saturated heterocycles. The predicted octanol–water partition coefficient (Wildman–Crippen LogP) is 3.93. The van der Waals surface area contributed by atoms with Crippen molar-refractivity contribution in [3.05, 3.63) is 94.0 Å². The number of carbonyl (C=O) groups is 1. The fourth-order valence-electron chi connectivity index (χ4n) is 2.63. The van der Waals surface area contributed by atoms with Crippen molar-refractivity contribution in [2.75, 3.05) is 0 Å². The Hall–Kier alpha value is -2.47. The van der Waals surface area contributed by atoms with E-state index in [-0.39, 0.29) is 5.91 Å². The van der Waals surface area contributed by atoms with Crippen molar-refractivity contribution >= 4 is 29.1 Å². The maximum Gasteiger partial charge on any atom is 0.242 e. The maximum atomic E-state index is 12.9. The van der Waals surface area contributed by atoms with Crippen LogP contribution >= 0.6 is 23.2 Å². The fourth-order valence-corrected chi connectivity index (χ4v) is 3.24. The molecule has 1 aromatic carbocycles. The number of carbonyl (C=O) groups excluding carboxylic acids is 1. The van der Waals surface area contributed by atoms with E-state index in [1.807, 2.05) is 24.3 Å². The van der Waals surface area contributed by atoms with Gasteiger partial charge in [-0.3, -0.25) is 20.1 Å². The molecule has 0 aliphatic rings. The van der Waals surface area contributed by atoms with Crippen molar-refractivity contribution in [1.29, 1.82) is 0 Å². The standard InChI is InChI=1S/C20H18Cl2N4O/c21-16-6-1-7-17(22)18(16)19(25-12-14-4-2-8-23-10-14)20(27)26-13-15-5-3-9-24-11-15/h1-11,19,25H,12-13H2,(H,26,27). The summed E-state index contributed by atoms with van der Waals surface area (Å²) in [5.74, 6) is -0.224. The second kappa shape index (κ2) is 9.46. The molecule has 2 heterocycles. The van der Waals surface area contributed by atoms with Crippen LogP contribution in [0, 0.1) is 0 Å². The Balaban J connectivity index is 1.79. The molecule has 138 valence electrons. The van der Waals surface area contributed by atoms with Crippen LogP contribution in [0.2, 0.25) is 10.0 Å². The van der Waals surface area contributed by atoms with Gasteiger partial charge in [0.25, 0.3) is 0 Å². The predicted molar refractivity (Wildman–Crippen MR) is 106 cm³/mol. The molecule has 27 heavy (non-hydrogen) atoms. The lowest BCUT2D eigenvalue weighted by Gasteiger charge is -2.21. The van der Waals surface area contributed by atoms with E-state index in [2.05, 4.69) is 20.6 Å². The molecule has 3 aromatic rings. The van der Waals surface area contributed by atoms with Crippen molar-refractivity contribution in [3.8, 4) is 0 Å². The van der Waals surface area contributed by atoms with Crippen LogP contribution in [-0.2, 0) is 17.9 Å². The Labute approximate surface area is 167 Å². The summed E-state index contributed by atoms with van der Waals surface area (Å²) in [4.78, 5) is 21.1. The number of hydrogen-bond donors (Lipinski definition) is 2. The molecule has 2 aromatic heterocycles. The molecule has 0 radical (unpaired) electrons. The van der Waals surface area contributed by atoms with E-state index in [4.69, 9.17) is 23.2 Å². The lowest BCUT2D eigenvalue weighted by atomic mass is 10.0. The molecule has 0 aliphatic carbocycles. The van der Waals surface area contributed by atoms with Crippen LogP contribution in [-0.4, -0.2) is 15.9 Å². The maximum absolute atomic E-state index is 12.9. The highest BCUT2D eigenvalue weighted by Gasteiger charge is 2.25. The van der Waals surface area contributed by atoms with Crippen LogP contribution in [0.15, 0.2) is 67.3 Å². The lowest BCUT2D eigenvalue weighted by molar-refractivity contribution is -0.123. The van der Waals surface area contributed by atoms with E-state index in [0.717, 1.165) is 11.1 Å². The second-order valence-electron chi connectivity index (χ2n) is 5.89. The minimum absolute atomic E-state index is 0.224. The third-order valence-electron chi connectivity index (χ3n) is 3.97. The first-order valence-electron chi connectivity index (χ1n) is 8.38. The van der Waals surface area contributed by atoms with Crippen LogP contribution in [0.1, 0.15) is 22.7 Å². The fraction of sp³-hybridized carbons (Fsp3) is 0.150. The number of halogens is 2. The molecule has 1 amide bonds. The number of amides is 1. The van der Waals surface area contributed by atoms with Gasteiger partial charge in [0, 0.05) is 53.5 Å². The molecule has 0 bridgehead atoms. The van der Waals surface area contributed by atoms with Gasteiger partial charge in [0.05, 0.1) is 0 Å². The summed E-state index contributed by atoms with van der Waals surface area (Å²) in [5.41, 5.74) is 2.40. The topological polar surface area (TPSA) is 66.9 Å². The second-order valence-corrected chi connectivity index (χ2v) is 6.70. The summed E-state index contributed by atoms with van der Waals surface area (Å²) in [7, 11) is 0. The van der Waals surface area contributed by atoms with Gasteiger partial charge in [-0.05, 0) is 35.4 Å². The molecule has 0 aliphatic heterocycles. The molecule has 1 atom stereocenters. The van der Waals surface area contributed by atoms with E-state index < -0.39 is 6.04 Å². The Kier molecular flexibility index (Phi) is 6.76. The van der Waals surface area contributed by atoms with Gasteiger partial charge in [-0.2, -0.15) is 0 Å². The Morgan fingerprint density at radius 2 is 1.48 bits per heavy atom. The average Bonchev–Trinajstić information content (AvgIpc) is 2.70. The Morgan fingerprint density at radius 3 is 2.04 bits per heavy atom. The highest BCUT2D eigenvalue weighted by Crippen LogP contribution is 2.30. The van der Waals surface area contributed by atoms with E-state index >= 15 is 0 Å². The number of nitrogens with one attached hydrogen (secondary N) is 2. The van der Waals surface area contributed by atoms with Crippen molar-refractivity contribution in [3.63, 3.8) is 0 Å². The smallest absolute Gasteiger partial charge is 0.242 e. The minimum atomic E-state index is -0.705. The monoisotopic (exact) mass is 400 g/mol. The highest BCUT2D eigenvalue weighted by atomic mass is 35.5. The molecule has 0 saturated carbocycles. The summed E-state index contributed by atoms with van der Waals surface area (Å²) < 4.78 is 0. The van der Waals surface area contributed by atoms with Crippen molar-refractivity contribution < 1.29 is 4.79 Å². The molecule has 2 N–H and O–H groups in total. The third kappa shape index (κ3) is 5.26. The van der Waals surface area contributed by atoms with Crippen molar-refractivity contribution in [2.45, 2.75) is 19.1 Å². The minimum Gasteiger partial charge on any atom is -0.350 e. The Bertz CT molecular complexity index is 871. The molecular weight excluding hydrogens is 383 g/mol. The normalized spacial score (nSPS) is 11.8. The van der Waals surface area contributed by atoms with E-state index in [0.29, 0.717) is 28.7 Å². The first-order chi connectivity index (χ1) is 13.1. The van der Waals surface area contributed by atoms with Crippen molar-refractivity contribution in [1.82, 2.24) is 20.6 Å². The molecular formula is C20H18Cl2N4O. The number of rotatable bonds is 7. The Morgan fingerprint density at radius 1 is 0.889 bits per heavy atom. The summed E-state index contributed by atoms with van der Waals surface area (Å²) in [5, 5.41) is 7.01. The molecule has 0 spiro atoms. The third-order valence-corrected chi connectivity index (χ3v) is 4.63. The summed E-state index contributed by atoms with van der Waals surface area (Å²) in [6.45, 7) is 0.806. The van der Waals surface area contributed by atoms with Gasteiger partial charge >= 0.3 is 0 Å². The van der Waals surface area contributed by atoms with Gasteiger partial charge in [0.1, 0.15) is 6.04 Å². The van der Waals surface area contributed by atoms with Crippen LogP contribution in [0.3, 0.4) is 0 Å². The lowest BCUT2D eigenvalue weighted by Crippen LogP contribution is -2.37. The van der Waals surface area contributed by atoms with Gasteiger partial charge < -0.3 is 5.32 Å². The van der Waals surface area contributed by atoms with Crippen LogP contribution < -0.4 is 10.6 Å². The zero-order valence-corrected chi connectivity index (χ0v) is 15.9. The zero-order valence-electron chi connectivity index (χ0n) is 14.4. The number of aromatic nitrogens is 2. The quantitative estimate of drug-likeness (QED) is 0.630. The van der Waals surface area contributed by atoms with E-state index in [9.17, 15) is 4.79 Å². The van der Waals surface area contributed by atoms with Gasteiger partial charge in [0.2, 0.25) is 5.91 Å². The van der Waals surface area contributed by atoms with E-state index in [1.165, 1.54) is 0 Å². The molecule has 1 unspecified atom stereocenters. The summed E-state index contributed by atoms with van der Waals surface area (Å²) in [6.07, 6.45) is 6.84. The van der Waals surface area contributed by atoms with E-state index in [1.54, 1.807) is 43.0 Å². The number of nitrogens with zero attached hydrogens (tertiary/aromatic N) is 2. The van der Waals surface area contributed by atoms with Gasteiger partial charge in [-0.25, -0.2) is 0 Å². The summed E-state index contributed by atoms with van der Waals surface area (Å²) in [6, 6.07) is 12.0. The molecule has 0 fully saturated rings. The molecule has 5 nitrogen and oxygen atoms in total. The SMILES string of the molecule is O=C(NCc1cccnc1)C(NCc1cccnc1)c1c(Cl)cccc1Cl. The van der Waals surface area contributed by atoms with Crippen LogP contribution in [0.4, 0.5) is 0 Å². The van der Waals surface area contributed by atoms with Crippen LogP contribution in [0.5, 0.6) is 0 Å². The molecule has 3 rings (SSSR count). The average molecular weight is 401 g/mol. The first kappa shape index (κ1) is 19.3. The first-order valence-corrected chi connectivity index (χ1v) is 9.13. The molecule has 7 heteroatoms. The number of hydrogen-bond acceptors (Lipinski definition) is 4.